The Morgan fingerprint density at radius 2 is 1.90 bits per heavy atom. The molecule has 0 aliphatic carbocycles. The highest BCUT2D eigenvalue weighted by molar-refractivity contribution is 5.14. The number of rotatable bonds is 3. The Kier molecular flexibility index (Phi) is 4.02. The van der Waals surface area contributed by atoms with E-state index in [1.54, 1.807) is 0 Å². The minimum absolute atomic E-state index is 0.376. The first-order valence-corrected chi connectivity index (χ1v) is 7.30. The first kappa shape index (κ1) is 13.6. The zero-order valence-corrected chi connectivity index (χ0v) is 11.8. The molecule has 1 atom stereocenters. The van der Waals surface area contributed by atoms with Gasteiger partial charge >= 0.3 is 5.66 Å². The lowest BCUT2D eigenvalue weighted by Gasteiger charge is -2.38. The predicted octanol–water partition coefficient (Wildman–Crippen LogP) is 1.84. The van der Waals surface area contributed by atoms with Crippen LogP contribution in [0.3, 0.4) is 0 Å². The molecule has 1 aromatic rings. The van der Waals surface area contributed by atoms with E-state index >= 15 is 0 Å². The van der Waals surface area contributed by atoms with Gasteiger partial charge in [-0.2, -0.15) is 0 Å². The van der Waals surface area contributed by atoms with Gasteiger partial charge in [-0.3, -0.25) is 9.74 Å². The van der Waals surface area contributed by atoms with Crippen molar-refractivity contribution in [1.29, 1.82) is 0 Å². The highest BCUT2D eigenvalue weighted by Gasteiger charge is 2.48. The van der Waals surface area contributed by atoms with Gasteiger partial charge in [-0.15, -0.1) is 0 Å². The van der Waals surface area contributed by atoms with Gasteiger partial charge in [0.2, 0.25) is 0 Å². The Balaban J connectivity index is 1.56. The molecule has 4 nitrogen and oxygen atoms in total. The van der Waals surface area contributed by atoms with Gasteiger partial charge in [0.1, 0.15) is 6.61 Å². The predicted molar refractivity (Wildman–Crippen MR) is 78.1 cm³/mol. The summed E-state index contributed by atoms with van der Waals surface area (Å²) >= 11 is 0. The average Bonchev–Trinajstić information content (AvgIpc) is 2.99. The molecule has 2 aliphatic rings. The number of nitrogens with zero attached hydrogens (tertiary/aromatic N) is 3. The van der Waals surface area contributed by atoms with Crippen LogP contribution in [0.1, 0.15) is 12.0 Å². The zero-order valence-electron chi connectivity index (χ0n) is 11.8. The molecule has 2 heterocycles. The Labute approximate surface area is 120 Å². The molecule has 0 aromatic heterocycles. The lowest BCUT2D eigenvalue weighted by Crippen LogP contribution is -2.55. The maximum Gasteiger partial charge on any atom is 0.313 e. The fourth-order valence-corrected chi connectivity index (χ4v) is 3.12. The van der Waals surface area contributed by atoms with Crippen LogP contribution < -0.4 is 0 Å². The SMILES string of the molecule is [C-]#[N+]C1(N2CCN(Cc3ccccc3)CC2)CCOC1. The van der Waals surface area contributed by atoms with Gasteiger partial charge in [-0.1, -0.05) is 30.3 Å². The molecule has 106 valence electrons. The highest BCUT2D eigenvalue weighted by atomic mass is 16.5. The molecule has 20 heavy (non-hydrogen) atoms. The Bertz CT molecular complexity index is 468. The van der Waals surface area contributed by atoms with Crippen molar-refractivity contribution in [1.82, 2.24) is 9.80 Å². The fourth-order valence-electron chi connectivity index (χ4n) is 3.12. The summed E-state index contributed by atoms with van der Waals surface area (Å²) in [4.78, 5) is 8.68. The summed E-state index contributed by atoms with van der Waals surface area (Å²) < 4.78 is 5.46. The molecular formula is C16H21N3O. The average molecular weight is 271 g/mol. The fraction of sp³-hybridized carbons (Fsp3) is 0.562. The van der Waals surface area contributed by atoms with Crippen LogP contribution in [0.5, 0.6) is 0 Å². The number of benzene rings is 1. The monoisotopic (exact) mass is 271 g/mol. The van der Waals surface area contributed by atoms with Crippen molar-refractivity contribution in [2.24, 2.45) is 0 Å². The van der Waals surface area contributed by atoms with Crippen molar-refractivity contribution in [3.8, 4) is 0 Å². The number of hydrogen-bond donors (Lipinski definition) is 0. The standard InChI is InChI=1S/C16H21N3O/c1-17-16(7-12-20-14-16)19-10-8-18(9-11-19)13-15-5-3-2-4-6-15/h2-6H,7-14H2. The largest absolute Gasteiger partial charge is 0.371 e. The smallest absolute Gasteiger partial charge is 0.313 e. The molecule has 0 amide bonds. The van der Waals surface area contributed by atoms with E-state index in [4.69, 9.17) is 11.3 Å². The molecule has 2 aliphatic heterocycles. The third-order valence-electron chi connectivity index (χ3n) is 4.40. The van der Waals surface area contributed by atoms with E-state index in [0.29, 0.717) is 6.61 Å². The summed E-state index contributed by atoms with van der Waals surface area (Å²) in [6, 6.07) is 10.6. The molecule has 0 N–H and O–H groups in total. The second kappa shape index (κ2) is 5.92. The lowest BCUT2D eigenvalue weighted by molar-refractivity contribution is 0.0447. The van der Waals surface area contributed by atoms with Gasteiger partial charge in [-0.25, -0.2) is 11.5 Å². The second-order valence-corrected chi connectivity index (χ2v) is 5.65. The molecule has 0 bridgehead atoms. The van der Waals surface area contributed by atoms with Crippen LogP contribution in [0.2, 0.25) is 0 Å². The van der Waals surface area contributed by atoms with E-state index in [9.17, 15) is 0 Å². The molecule has 3 rings (SSSR count). The summed E-state index contributed by atoms with van der Waals surface area (Å²) in [5.41, 5.74) is 0.990. The van der Waals surface area contributed by atoms with Crippen molar-refractivity contribution < 1.29 is 4.74 Å². The normalized spacial score (nSPS) is 28.4. The van der Waals surface area contributed by atoms with Gasteiger partial charge in [0.05, 0.1) is 13.0 Å². The second-order valence-electron chi connectivity index (χ2n) is 5.65. The van der Waals surface area contributed by atoms with E-state index in [1.807, 2.05) is 0 Å². The topological polar surface area (TPSA) is 20.1 Å². The van der Waals surface area contributed by atoms with Crippen LogP contribution in [0.15, 0.2) is 30.3 Å². The molecule has 1 unspecified atom stereocenters. The van der Waals surface area contributed by atoms with Crippen molar-refractivity contribution >= 4 is 0 Å². The van der Waals surface area contributed by atoms with Crippen LogP contribution in [0, 0.1) is 6.57 Å². The zero-order chi connectivity index (χ0) is 13.8. The Morgan fingerprint density at radius 1 is 1.15 bits per heavy atom. The third-order valence-corrected chi connectivity index (χ3v) is 4.40. The van der Waals surface area contributed by atoms with Crippen LogP contribution in [0.25, 0.3) is 4.85 Å². The summed E-state index contributed by atoms with van der Waals surface area (Å²) in [5.74, 6) is 0. The van der Waals surface area contributed by atoms with Crippen molar-refractivity contribution in [2.45, 2.75) is 18.6 Å². The van der Waals surface area contributed by atoms with Crippen molar-refractivity contribution in [2.75, 3.05) is 39.4 Å². The number of piperazine rings is 1. The van der Waals surface area contributed by atoms with E-state index in [2.05, 4.69) is 45.0 Å². The van der Waals surface area contributed by atoms with Crippen LogP contribution >= 0.6 is 0 Å². The first-order chi connectivity index (χ1) is 9.82. The molecule has 2 fully saturated rings. The van der Waals surface area contributed by atoms with Gasteiger partial charge in [0.15, 0.2) is 0 Å². The molecule has 2 saturated heterocycles. The van der Waals surface area contributed by atoms with Gasteiger partial charge < -0.3 is 4.74 Å². The van der Waals surface area contributed by atoms with Gasteiger partial charge in [0, 0.05) is 32.7 Å². The third kappa shape index (κ3) is 2.71. The van der Waals surface area contributed by atoms with Crippen molar-refractivity contribution in [3.63, 3.8) is 0 Å². The van der Waals surface area contributed by atoms with Crippen LogP contribution in [0.4, 0.5) is 0 Å². The van der Waals surface area contributed by atoms with Gasteiger partial charge in [-0.05, 0) is 5.56 Å². The summed E-state index contributed by atoms with van der Waals surface area (Å²) in [6.45, 7) is 13.8. The van der Waals surface area contributed by atoms with Crippen molar-refractivity contribution in [3.05, 3.63) is 47.3 Å². The molecule has 4 heteroatoms. The quantitative estimate of drug-likeness (QED) is 0.782. The van der Waals surface area contributed by atoms with E-state index in [0.717, 1.165) is 45.8 Å². The summed E-state index contributed by atoms with van der Waals surface area (Å²) in [7, 11) is 0. The molecule has 0 radical (unpaired) electrons. The minimum Gasteiger partial charge on any atom is -0.371 e. The van der Waals surface area contributed by atoms with E-state index < -0.39 is 0 Å². The first-order valence-electron chi connectivity index (χ1n) is 7.30. The molecule has 0 spiro atoms. The molecular weight excluding hydrogens is 250 g/mol. The van der Waals surface area contributed by atoms with E-state index in [-0.39, 0.29) is 5.66 Å². The van der Waals surface area contributed by atoms with Crippen LogP contribution in [-0.4, -0.2) is 54.9 Å². The maximum atomic E-state index is 7.50. The summed E-state index contributed by atoms with van der Waals surface area (Å²) in [5, 5.41) is 0. The van der Waals surface area contributed by atoms with Crippen LogP contribution in [-0.2, 0) is 11.3 Å². The highest BCUT2D eigenvalue weighted by Crippen LogP contribution is 2.29. The minimum atomic E-state index is -0.376. The number of hydrogen-bond acceptors (Lipinski definition) is 3. The maximum absolute atomic E-state index is 7.50. The molecule has 0 saturated carbocycles. The van der Waals surface area contributed by atoms with Gasteiger partial charge in [0.25, 0.3) is 0 Å². The van der Waals surface area contributed by atoms with E-state index in [1.165, 1.54) is 5.56 Å². The Hall–Kier alpha value is -1.41. The Morgan fingerprint density at radius 3 is 2.50 bits per heavy atom. The lowest BCUT2D eigenvalue weighted by atomic mass is 10.1. The molecule has 1 aromatic carbocycles. The number of ether oxygens (including phenoxy) is 1. The summed E-state index contributed by atoms with van der Waals surface area (Å²) in [6.07, 6.45) is 0.856.